The minimum Gasteiger partial charge on any atom is -0.367 e. The maximum absolute atomic E-state index is 11.0. The lowest BCUT2D eigenvalue weighted by Crippen LogP contribution is -2.46. The highest BCUT2D eigenvalue weighted by Gasteiger charge is 2.30. The Morgan fingerprint density at radius 1 is 1.56 bits per heavy atom. The molecule has 1 amide bonds. The van der Waals surface area contributed by atoms with Crippen LogP contribution in [0.3, 0.4) is 0 Å². The molecule has 2 saturated heterocycles. The number of carbonyl (C=O) groups is 1. The average molecular weight is 226 g/mol. The van der Waals surface area contributed by atoms with Gasteiger partial charge in [-0.1, -0.05) is 0 Å². The van der Waals surface area contributed by atoms with E-state index in [4.69, 9.17) is 4.74 Å². The lowest BCUT2D eigenvalue weighted by atomic mass is 10.1. The van der Waals surface area contributed by atoms with Gasteiger partial charge in [-0.3, -0.25) is 9.69 Å². The summed E-state index contributed by atoms with van der Waals surface area (Å²) in [5.41, 5.74) is 0. The van der Waals surface area contributed by atoms with Crippen molar-refractivity contribution in [3.05, 3.63) is 0 Å². The van der Waals surface area contributed by atoms with E-state index in [1.807, 2.05) is 0 Å². The molecule has 2 heterocycles. The van der Waals surface area contributed by atoms with Crippen LogP contribution >= 0.6 is 0 Å². The summed E-state index contributed by atoms with van der Waals surface area (Å²) >= 11 is 0. The number of likely N-dealkylation sites (tertiary alicyclic amines) is 1. The molecule has 0 aliphatic carbocycles. The molecule has 0 bridgehead atoms. The summed E-state index contributed by atoms with van der Waals surface area (Å²) in [6.07, 6.45) is 3.83. The van der Waals surface area contributed by atoms with E-state index in [0.29, 0.717) is 18.6 Å². The quantitative estimate of drug-likeness (QED) is 0.772. The molecule has 2 rings (SSSR count). The molecule has 2 unspecified atom stereocenters. The number of amides is 1. The minimum atomic E-state index is 0.0170. The standard InChI is InChI=1S/C12H22N2O2/c1-9(2)14-5-3-4-10(14)6-11-7-13-12(15)8-16-11/h9-11H,3-8H2,1-2H3,(H,13,15). The Balaban J connectivity index is 1.82. The van der Waals surface area contributed by atoms with E-state index in [-0.39, 0.29) is 18.6 Å². The molecule has 0 aromatic rings. The molecule has 2 atom stereocenters. The van der Waals surface area contributed by atoms with Crippen molar-refractivity contribution in [2.24, 2.45) is 0 Å². The van der Waals surface area contributed by atoms with Crippen LogP contribution in [0.15, 0.2) is 0 Å². The normalized spacial score (nSPS) is 32.1. The summed E-state index contributed by atoms with van der Waals surface area (Å²) in [4.78, 5) is 13.5. The van der Waals surface area contributed by atoms with Gasteiger partial charge in [-0.2, -0.15) is 0 Å². The van der Waals surface area contributed by atoms with Gasteiger partial charge in [0.2, 0.25) is 5.91 Å². The number of nitrogens with one attached hydrogen (secondary N) is 1. The molecular weight excluding hydrogens is 204 g/mol. The molecule has 2 aliphatic rings. The Morgan fingerprint density at radius 2 is 2.38 bits per heavy atom. The lowest BCUT2D eigenvalue weighted by molar-refractivity contribution is -0.133. The molecule has 4 heteroatoms. The average Bonchev–Trinajstić information content (AvgIpc) is 2.69. The number of ether oxygens (including phenoxy) is 1. The molecule has 1 N–H and O–H groups in total. The highest BCUT2D eigenvalue weighted by atomic mass is 16.5. The highest BCUT2D eigenvalue weighted by Crippen LogP contribution is 2.24. The molecule has 0 aromatic carbocycles. The number of rotatable bonds is 3. The van der Waals surface area contributed by atoms with E-state index in [9.17, 15) is 4.79 Å². The smallest absolute Gasteiger partial charge is 0.246 e. The van der Waals surface area contributed by atoms with Crippen LogP contribution in [-0.4, -0.2) is 48.7 Å². The van der Waals surface area contributed by atoms with E-state index >= 15 is 0 Å². The third-order valence-electron chi connectivity index (χ3n) is 3.60. The van der Waals surface area contributed by atoms with Crippen molar-refractivity contribution < 1.29 is 9.53 Å². The highest BCUT2D eigenvalue weighted by molar-refractivity contribution is 5.77. The molecule has 92 valence electrons. The summed E-state index contributed by atoms with van der Waals surface area (Å²) in [5.74, 6) is 0.0170. The zero-order valence-electron chi connectivity index (χ0n) is 10.2. The van der Waals surface area contributed by atoms with Gasteiger partial charge in [-0.15, -0.1) is 0 Å². The van der Waals surface area contributed by atoms with E-state index < -0.39 is 0 Å². The van der Waals surface area contributed by atoms with Gasteiger partial charge in [-0.25, -0.2) is 0 Å². The Bertz CT molecular complexity index is 245. The zero-order valence-corrected chi connectivity index (χ0v) is 10.2. The first-order chi connectivity index (χ1) is 7.66. The van der Waals surface area contributed by atoms with Crippen LogP contribution in [0.1, 0.15) is 33.1 Å². The number of hydrogen-bond donors (Lipinski definition) is 1. The van der Waals surface area contributed by atoms with Crippen LogP contribution in [-0.2, 0) is 9.53 Å². The Morgan fingerprint density at radius 3 is 3.00 bits per heavy atom. The summed E-state index contributed by atoms with van der Waals surface area (Å²) < 4.78 is 5.54. The molecule has 4 nitrogen and oxygen atoms in total. The first-order valence-electron chi connectivity index (χ1n) is 6.31. The van der Waals surface area contributed by atoms with Crippen LogP contribution in [0.5, 0.6) is 0 Å². The van der Waals surface area contributed by atoms with Crippen LogP contribution in [0.25, 0.3) is 0 Å². The third kappa shape index (κ3) is 2.74. The van der Waals surface area contributed by atoms with E-state index in [1.165, 1.54) is 19.4 Å². The van der Waals surface area contributed by atoms with E-state index in [1.54, 1.807) is 0 Å². The molecular formula is C12H22N2O2. The summed E-state index contributed by atoms with van der Waals surface area (Å²) in [7, 11) is 0. The van der Waals surface area contributed by atoms with Gasteiger partial charge in [-0.05, 0) is 39.7 Å². The van der Waals surface area contributed by atoms with Crippen LogP contribution in [0.2, 0.25) is 0 Å². The molecule has 0 spiro atoms. The van der Waals surface area contributed by atoms with Gasteiger partial charge in [0.25, 0.3) is 0 Å². The van der Waals surface area contributed by atoms with Crippen LogP contribution in [0.4, 0.5) is 0 Å². The molecule has 0 aromatic heterocycles. The second kappa shape index (κ2) is 5.15. The summed E-state index contributed by atoms with van der Waals surface area (Å²) in [5, 5.41) is 2.87. The Labute approximate surface area is 97.3 Å². The van der Waals surface area contributed by atoms with E-state index in [0.717, 1.165) is 6.42 Å². The van der Waals surface area contributed by atoms with Gasteiger partial charge in [0, 0.05) is 18.6 Å². The first-order valence-corrected chi connectivity index (χ1v) is 6.31. The topological polar surface area (TPSA) is 41.6 Å². The molecule has 0 radical (unpaired) electrons. The van der Waals surface area contributed by atoms with Crippen molar-refractivity contribution in [3.8, 4) is 0 Å². The Kier molecular flexibility index (Phi) is 3.82. The summed E-state index contributed by atoms with van der Waals surface area (Å²) in [6, 6.07) is 1.26. The van der Waals surface area contributed by atoms with Gasteiger partial charge in [0.1, 0.15) is 6.61 Å². The SMILES string of the molecule is CC(C)N1CCCC1CC1CNC(=O)CO1. The maximum Gasteiger partial charge on any atom is 0.246 e. The van der Waals surface area contributed by atoms with Gasteiger partial charge in [0.05, 0.1) is 6.10 Å². The molecule has 2 aliphatic heterocycles. The molecule has 16 heavy (non-hydrogen) atoms. The van der Waals surface area contributed by atoms with Crippen molar-refractivity contribution in [2.75, 3.05) is 19.7 Å². The van der Waals surface area contributed by atoms with Crippen molar-refractivity contribution in [1.29, 1.82) is 0 Å². The zero-order chi connectivity index (χ0) is 11.5. The fraction of sp³-hybridized carbons (Fsp3) is 0.917. The molecule has 0 saturated carbocycles. The van der Waals surface area contributed by atoms with Crippen LogP contribution in [0, 0.1) is 0 Å². The minimum absolute atomic E-state index is 0.0170. The second-order valence-electron chi connectivity index (χ2n) is 5.10. The van der Waals surface area contributed by atoms with Crippen molar-refractivity contribution in [3.63, 3.8) is 0 Å². The van der Waals surface area contributed by atoms with Crippen molar-refractivity contribution in [2.45, 2.75) is 51.3 Å². The largest absolute Gasteiger partial charge is 0.367 e. The lowest BCUT2D eigenvalue weighted by Gasteiger charge is -2.32. The second-order valence-corrected chi connectivity index (χ2v) is 5.10. The van der Waals surface area contributed by atoms with Gasteiger partial charge >= 0.3 is 0 Å². The molecule has 2 fully saturated rings. The van der Waals surface area contributed by atoms with E-state index in [2.05, 4.69) is 24.1 Å². The predicted octanol–water partition coefficient (Wildman–Crippen LogP) is 0.764. The van der Waals surface area contributed by atoms with Gasteiger partial charge in [0.15, 0.2) is 0 Å². The third-order valence-corrected chi connectivity index (χ3v) is 3.60. The van der Waals surface area contributed by atoms with Crippen LogP contribution < -0.4 is 5.32 Å². The first kappa shape index (κ1) is 11.9. The summed E-state index contributed by atoms with van der Waals surface area (Å²) in [6.45, 7) is 6.63. The number of morpholine rings is 1. The van der Waals surface area contributed by atoms with Crippen molar-refractivity contribution in [1.82, 2.24) is 10.2 Å². The van der Waals surface area contributed by atoms with Crippen molar-refractivity contribution >= 4 is 5.91 Å². The fourth-order valence-corrected chi connectivity index (χ4v) is 2.78. The van der Waals surface area contributed by atoms with Gasteiger partial charge < -0.3 is 10.1 Å². The maximum atomic E-state index is 11.0. The Hall–Kier alpha value is -0.610. The monoisotopic (exact) mass is 226 g/mol. The fourth-order valence-electron chi connectivity index (χ4n) is 2.78. The number of nitrogens with zero attached hydrogens (tertiary/aromatic N) is 1. The number of hydrogen-bond acceptors (Lipinski definition) is 3. The predicted molar refractivity (Wildman–Crippen MR) is 62.2 cm³/mol. The number of carbonyl (C=O) groups excluding carboxylic acids is 1.